The summed E-state index contributed by atoms with van der Waals surface area (Å²) < 4.78 is 2.08. The second kappa shape index (κ2) is 5.40. The first kappa shape index (κ1) is 14.5. The van der Waals surface area contributed by atoms with Crippen LogP contribution in [0.1, 0.15) is 63.5 Å². The quantitative estimate of drug-likeness (QED) is 0.875. The van der Waals surface area contributed by atoms with E-state index in [4.69, 9.17) is 0 Å². The summed E-state index contributed by atoms with van der Waals surface area (Å²) in [5.41, 5.74) is -0.00515. The maximum Gasteiger partial charge on any atom is 0.220 e. The van der Waals surface area contributed by atoms with Crippen molar-refractivity contribution < 1.29 is 4.79 Å². The lowest BCUT2D eigenvalue weighted by Crippen LogP contribution is -2.67. The van der Waals surface area contributed by atoms with Crippen LogP contribution in [0.25, 0.3) is 0 Å². The molecule has 1 saturated heterocycles. The van der Waals surface area contributed by atoms with Gasteiger partial charge in [0.05, 0.1) is 12.1 Å². The molecule has 6 nitrogen and oxygen atoms in total. The van der Waals surface area contributed by atoms with Crippen LogP contribution < -0.4 is 10.6 Å². The van der Waals surface area contributed by atoms with Gasteiger partial charge >= 0.3 is 0 Å². The Bertz CT molecular complexity index is 532. The Morgan fingerprint density at radius 2 is 2.19 bits per heavy atom. The molecule has 2 heterocycles. The van der Waals surface area contributed by atoms with Crippen molar-refractivity contribution in [2.24, 2.45) is 7.05 Å². The van der Waals surface area contributed by atoms with Crippen molar-refractivity contribution in [1.29, 1.82) is 0 Å². The summed E-state index contributed by atoms with van der Waals surface area (Å²) in [5.74, 6) is 2.56. The van der Waals surface area contributed by atoms with Gasteiger partial charge in [-0.3, -0.25) is 4.79 Å². The highest BCUT2D eigenvalue weighted by molar-refractivity contribution is 5.78. The van der Waals surface area contributed by atoms with E-state index >= 15 is 0 Å². The fourth-order valence-electron chi connectivity index (χ4n) is 3.55. The highest BCUT2D eigenvalue weighted by Gasteiger charge is 2.47. The number of hydrogen-bond acceptors (Lipinski definition) is 4. The van der Waals surface area contributed by atoms with E-state index in [1.54, 1.807) is 0 Å². The standard InChI is InChI=1S/C15H25N5O/c1-10(2)14-19-18-12(20(14)3)9-16-11-5-6-13(21)17-15(11)7-4-8-15/h10-11,16H,4-9H2,1-3H3,(H,17,21). The van der Waals surface area contributed by atoms with Crippen molar-refractivity contribution in [3.05, 3.63) is 11.6 Å². The highest BCUT2D eigenvalue weighted by atomic mass is 16.1. The topological polar surface area (TPSA) is 71.8 Å². The van der Waals surface area contributed by atoms with Gasteiger partial charge < -0.3 is 15.2 Å². The van der Waals surface area contributed by atoms with E-state index in [1.165, 1.54) is 6.42 Å². The molecule has 3 rings (SSSR count). The summed E-state index contributed by atoms with van der Waals surface area (Å²) >= 11 is 0. The minimum absolute atomic E-state index is 0.00515. The van der Waals surface area contributed by atoms with Crippen molar-refractivity contribution in [2.75, 3.05) is 0 Å². The number of nitrogens with one attached hydrogen (secondary N) is 2. The minimum atomic E-state index is -0.00515. The summed E-state index contributed by atoms with van der Waals surface area (Å²) in [4.78, 5) is 11.7. The lowest BCUT2D eigenvalue weighted by Gasteiger charge is -2.51. The molecule has 1 aromatic heterocycles. The van der Waals surface area contributed by atoms with E-state index in [2.05, 4.69) is 39.2 Å². The Hall–Kier alpha value is -1.43. The molecular formula is C15H25N5O. The fourth-order valence-corrected chi connectivity index (χ4v) is 3.55. The van der Waals surface area contributed by atoms with Crippen LogP contribution in [-0.2, 0) is 18.4 Å². The number of carbonyl (C=O) groups is 1. The molecular weight excluding hydrogens is 266 g/mol. The first-order valence-electron chi connectivity index (χ1n) is 7.94. The number of amides is 1. The first-order chi connectivity index (χ1) is 10.0. The van der Waals surface area contributed by atoms with Crippen LogP contribution in [0.3, 0.4) is 0 Å². The van der Waals surface area contributed by atoms with Crippen molar-refractivity contribution in [2.45, 2.75) is 70.0 Å². The molecule has 2 aliphatic rings. The van der Waals surface area contributed by atoms with E-state index in [9.17, 15) is 4.79 Å². The summed E-state index contributed by atoms with van der Waals surface area (Å²) in [5, 5.41) is 15.4. The third-order valence-electron chi connectivity index (χ3n) is 4.98. The smallest absolute Gasteiger partial charge is 0.220 e. The number of rotatable bonds is 4. The van der Waals surface area contributed by atoms with Gasteiger partial charge in [-0.15, -0.1) is 10.2 Å². The number of piperidine rings is 1. The Morgan fingerprint density at radius 1 is 1.43 bits per heavy atom. The molecule has 2 N–H and O–H groups in total. The zero-order chi connectivity index (χ0) is 15.0. The average molecular weight is 291 g/mol. The van der Waals surface area contributed by atoms with E-state index < -0.39 is 0 Å². The highest BCUT2D eigenvalue weighted by Crippen LogP contribution is 2.38. The van der Waals surface area contributed by atoms with Gasteiger partial charge in [-0.1, -0.05) is 13.8 Å². The Morgan fingerprint density at radius 3 is 2.76 bits per heavy atom. The second-order valence-corrected chi connectivity index (χ2v) is 6.72. The molecule has 2 fully saturated rings. The Balaban J connectivity index is 1.66. The van der Waals surface area contributed by atoms with Crippen LogP contribution in [0.4, 0.5) is 0 Å². The van der Waals surface area contributed by atoms with Gasteiger partial charge in [-0.05, 0) is 25.7 Å². The minimum Gasteiger partial charge on any atom is -0.349 e. The maximum absolute atomic E-state index is 11.7. The van der Waals surface area contributed by atoms with Crippen LogP contribution in [0.2, 0.25) is 0 Å². The van der Waals surface area contributed by atoms with Gasteiger partial charge in [0.15, 0.2) is 0 Å². The summed E-state index contributed by atoms with van der Waals surface area (Å²) in [7, 11) is 2.02. The van der Waals surface area contributed by atoms with Crippen LogP contribution in [0.15, 0.2) is 0 Å². The number of hydrogen-bond donors (Lipinski definition) is 2. The molecule has 1 amide bonds. The normalized spacial score (nSPS) is 24.2. The second-order valence-electron chi connectivity index (χ2n) is 6.72. The number of nitrogens with zero attached hydrogens (tertiary/aromatic N) is 3. The zero-order valence-corrected chi connectivity index (χ0v) is 13.1. The maximum atomic E-state index is 11.7. The van der Waals surface area contributed by atoms with Crippen LogP contribution in [-0.4, -0.2) is 32.3 Å². The van der Waals surface area contributed by atoms with E-state index in [-0.39, 0.29) is 11.4 Å². The van der Waals surface area contributed by atoms with Gasteiger partial charge in [0, 0.05) is 25.4 Å². The molecule has 1 aliphatic carbocycles. The molecule has 1 spiro atoms. The molecule has 1 aromatic rings. The van der Waals surface area contributed by atoms with Crippen LogP contribution >= 0.6 is 0 Å². The molecule has 0 radical (unpaired) electrons. The first-order valence-corrected chi connectivity index (χ1v) is 7.94. The predicted octanol–water partition coefficient (Wildman–Crippen LogP) is 1.23. The lowest BCUT2D eigenvalue weighted by molar-refractivity contribution is -0.128. The molecule has 21 heavy (non-hydrogen) atoms. The largest absolute Gasteiger partial charge is 0.349 e. The van der Waals surface area contributed by atoms with E-state index in [0.29, 0.717) is 24.9 Å². The zero-order valence-electron chi connectivity index (χ0n) is 13.1. The monoisotopic (exact) mass is 291 g/mol. The van der Waals surface area contributed by atoms with Gasteiger partial charge in [0.25, 0.3) is 0 Å². The van der Waals surface area contributed by atoms with Crippen molar-refractivity contribution >= 4 is 5.91 Å². The Kier molecular flexibility index (Phi) is 3.73. The van der Waals surface area contributed by atoms with Gasteiger partial charge in [0.1, 0.15) is 11.6 Å². The molecule has 0 bridgehead atoms. The number of aromatic nitrogens is 3. The third kappa shape index (κ3) is 2.57. The summed E-state index contributed by atoms with van der Waals surface area (Å²) in [6.45, 7) is 4.96. The molecule has 1 atom stereocenters. The molecule has 1 unspecified atom stereocenters. The van der Waals surface area contributed by atoms with Gasteiger partial charge in [-0.2, -0.15) is 0 Å². The molecule has 0 aromatic carbocycles. The van der Waals surface area contributed by atoms with Crippen molar-refractivity contribution in [3.63, 3.8) is 0 Å². The lowest BCUT2D eigenvalue weighted by atomic mass is 9.68. The summed E-state index contributed by atoms with van der Waals surface area (Å²) in [6, 6.07) is 0.350. The predicted molar refractivity (Wildman–Crippen MR) is 79.7 cm³/mol. The van der Waals surface area contributed by atoms with E-state index in [1.807, 2.05) is 7.05 Å². The van der Waals surface area contributed by atoms with Gasteiger partial charge in [0.2, 0.25) is 5.91 Å². The fraction of sp³-hybridized carbons (Fsp3) is 0.800. The molecule has 1 aliphatic heterocycles. The summed E-state index contributed by atoms with van der Waals surface area (Å²) in [6.07, 6.45) is 4.93. The van der Waals surface area contributed by atoms with Gasteiger partial charge in [-0.25, -0.2) is 0 Å². The van der Waals surface area contributed by atoms with Crippen molar-refractivity contribution in [3.8, 4) is 0 Å². The molecule has 1 saturated carbocycles. The van der Waals surface area contributed by atoms with Crippen LogP contribution in [0.5, 0.6) is 0 Å². The third-order valence-corrected chi connectivity index (χ3v) is 4.98. The van der Waals surface area contributed by atoms with Crippen molar-refractivity contribution in [1.82, 2.24) is 25.4 Å². The SMILES string of the molecule is CC(C)c1nnc(CNC2CCC(=O)NC23CCC3)n1C. The molecule has 116 valence electrons. The average Bonchev–Trinajstić information content (AvgIpc) is 2.77. The number of carbonyl (C=O) groups excluding carboxylic acids is 1. The molecule has 6 heteroatoms. The van der Waals surface area contributed by atoms with E-state index in [0.717, 1.165) is 30.9 Å². The Labute approximate surface area is 125 Å². The van der Waals surface area contributed by atoms with Crippen LogP contribution in [0, 0.1) is 0 Å².